The molecule has 134 valence electrons. The summed E-state index contributed by atoms with van der Waals surface area (Å²) in [6.07, 6.45) is 10.9. The topological polar surface area (TPSA) is 50.1 Å². The summed E-state index contributed by atoms with van der Waals surface area (Å²) in [6, 6.07) is 8.53. The second-order valence-electron chi connectivity index (χ2n) is 4.48. The Morgan fingerprint density at radius 1 is 1.12 bits per heavy atom. The molecule has 2 radical (unpaired) electrons. The van der Waals surface area contributed by atoms with Crippen LogP contribution in [-0.2, 0) is 30.6 Å². The molecular formula is C18H30HfNO2Si2-3. The van der Waals surface area contributed by atoms with Crippen LogP contribution in [0.1, 0.15) is 36.5 Å². The minimum Gasteiger partial charge on any atom is -0.664 e. The van der Waals surface area contributed by atoms with Crippen LogP contribution in [0.3, 0.4) is 0 Å². The van der Waals surface area contributed by atoms with Crippen LogP contribution < -0.4 is 0 Å². The Balaban J connectivity index is -0.000000120. The predicted octanol–water partition coefficient (Wildman–Crippen LogP) is 2.45. The van der Waals surface area contributed by atoms with Crippen LogP contribution in [0.4, 0.5) is 0 Å². The van der Waals surface area contributed by atoms with Gasteiger partial charge in [0.05, 0.1) is 5.91 Å². The zero-order chi connectivity index (χ0) is 14.6. The minimum atomic E-state index is -0.629. The van der Waals surface area contributed by atoms with Gasteiger partial charge in [0, 0.05) is 39.1 Å². The van der Waals surface area contributed by atoms with Crippen molar-refractivity contribution >= 4 is 27.8 Å². The van der Waals surface area contributed by atoms with E-state index in [-0.39, 0.29) is 55.2 Å². The van der Waals surface area contributed by atoms with E-state index in [1.165, 1.54) is 18.4 Å². The molecule has 3 rings (SSSR count). The number of nitrogens with one attached hydrogen (secondary N) is 1. The zero-order valence-electron chi connectivity index (χ0n) is 15.4. The number of allylic oxidation sites excluding steroid dienone is 4. The molecule has 0 saturated carbocycles. The molecule has 0 unspecified atom stereocenters. The second kappa shape index (κ2) is 20.5. The van der Waals surface area contributed by atoms with Crippen molar-refractivity contribution in [2.45, 2.75) is 26.2 Å². The summed E-state index contributed by atoms with van der Waals surface area (Å²) in [4.78, 5) is 10.3. The first-order valence-corrected chi connectivity index (χ1v) is 6.83. The van der Waals surface area contributed by atoms with Crippen LogP contribution in [0.25, 0.3) is 5.73 Å². The molecule has 1 aromatic carbocycles. The third-order valence-corrected chi connectivity index (χ3v) is 2.73. The van der Waals surface area contributed by atoms with E-state index >= 15 is 0 Å². The van der Waals surface area contributed by atoms with Crippen molar-refractivity contribution < 1.29 is 35.4 Å². The molecule has 3 nitrogen and oxygen atoms in total. The van der Waals surface area contributed by atoms with E-state index in [0.717, 1.165) is 19.6 Å². The Hall–Kier alpha value is -0.566. The van der Waals surface area contributed by atoms with Crippen LogP contribution in [-0.4, -0.2) is 41.1 Å². The molecule has 2 aliphatic rings. The number of carbonyl (C=O) groups is 1. The van der Waals surface area contributed by atoms with Gasteiger partial charge in [0.15, 0.2) is 0 Å². The maximum Gasteiger partial charge on any atom is 0.0796 e. The number of hydrogen-bond acceptors (Lipinski definition) is 2. The van der Waals surface area contributed by atoms with Gasteiger partial charge in [-0.15, -0.1) is 6.42 Å². The summed E-state index contributed by atoms with van der Waals surface area (Å²) in [6.45, 7) is 4.06. The first-order valence-electron chi connectivity index (χ1n) is 6.83. The molecule has 0 aromatic heterocycles. The fourth-order valence-electron chi connectivity index (χ4n) is 1.61. The maximum absolute atomic E-state index is 10.3. The van der Waals surface area contributed by atoms with Gasteiger partial charge in [-0.05, 0) is 40.3 Å². The third-order valence-electron chi connectivity index (χ3n) is 2.73. The Bertz CT molecular complexity index is 451. The largest absolute Gasteiger partial charge is 0.664 e. The van der Waals surface area contributed by atoms with Crippen LogP contribution in [0.5, 0.6) is 0 Å². The summed E-state index contributed by atoms with van der Waals surface area (Å²) in [5, 5.41) is 0. The number of benzene rings is 1. The number of amides is 1. The van der Waals surface area contributed by atoms with E-state index in [9.17, 15) is 4.79 Å². The first-order chi connectivity index (χ1) is 9.70. The van der Waals surface area contributed by atoms with Gasteiger partial charge < -0.3 is 22.7 Å². The van der Waals surface area contributed by atoms with E-state index in [0.29, 0.717) is 5.56 Å². The summed E-state index contributed by atoms with van der Waals surface area (Å²) < 4.78 is 4.94. The quantitative estimate of drug-likeness (QED) is 0.417. The molecule has 24 heavy (non-hydrogen) atoms. The minimum absolute atomic E-state index is 0. The van der Waals surface area contributed by atoms with Crippen molar-refractivity contribution in [1.29, 1.82) is 0 Å². The van der Waals surface area contributed by atoms with Gasteiger partial charge in [-0.1, -0.05) is 37.3 Å². The molecule has 1 amide bonds. The smallest absolute Gasteiger partial charge is 0.0796 e. The van der Waals surface area contributed by atoms with Crippen LogP contribution in [0.2, 0.25) is 0 Å². The third kappa shape index (κ3) is 16.3. The van der Waals surface area contributed by atoms with Gasteiger partial charge in [0.25, 0.3) is 0 Å². The summed E-state index contributed by atoms with van der Waals surface area (Å²) >= 11 is 0. The molecule has 1 aromatic rings. The van der Waals surface area contributed by atoms with Crippen molar-refractivity contribution in [3.8, 4) is 0 Å². The molecular weight excluding hydrogens is 497 g/mol. The summed E-state index contributed by atoms with van der Waals surface area (Å²) in [7, 11) is 0. The van der Waals surface area contributed by atoms with Crippen molar-refractivity contribution in [3.05, 3.63) is 72.9 Å². The fourth-order valence-corrected chi connectivity index (χ4v) is 1.61. The molecule has 6 heteroatoms. The fraction of sp³-hybridized carbons (Fsp3) is 0.333. The Kier molecular flexibility index (Phi) is 26.6. The number of hydrogen-bond donors (Lipinski definition) is 0. The van der Waals surface area contributed by atoms with Gasteiger partial charge in [-0.25, -0.2) is 11.6 Å². The van der Waals surface area contributed by atoms with Crippen molar-refractivity contribution in [2.24, 2.45) is 0 Å². The zero-order valence-corrected chi connectivity index (χ0v) is 23.0. The molecule has 0 spiro atoms. The Labute approximate surface area is 175 Å². The number of carbonyl (C=O) groups excluding carboxylic acids is 1. The van der Waals surface area contributed by atoms with E-state index in [2.05, 4.69) is 25.2 Å². The normalized spacial score (nSPS) is 13.0. The standard InChI is InChI=1S/C7H7NO.C6H7.C4H8O.CH3.Hf.2H3Si/c8-7(9)6-4-2-1-3-5-6;1-6-4-2-3-5-6;1-2-4-5-3-1;;;;/h1-5H,(H2,8,9);2,4H,3H2,1H3;1-4H2;1H3;;2*1H3/q;-1;;-1;;;/p-1. The predicted molar refractivity (Wildman–Crippen MR) is 108 cm³/mol. The van der Waals surface area contributed by atoms with Gasteiger partial charge in [-0.3, -0.25) is 6.08 Å². The number of rotatable bonds is 1. The second-order valence-corrected chi connectivity index (χ2v) is 4.48. The van der Waals surface area contributed by atoms with E-state index in [1.54, 1.807) is 24.3 Å². The molecule has 0 atom stereocenters. The van der Waals surface area contributed by atoms with E-state index in [4.69, 9.17) is 10.5 Å². The molecule has 1 aliphatic carbocycles. The maximum atomic E-state index is 10.3. The summed E-state index contributed by atoms with van der Waals surface area (Å²) in [5.74, 6) is -0.629. The Morgan fingerprint density at radius 2 is 1.67 bits per heavy atom. The first kappa shape index (κ1) is 31.2. The molecule has 1 saturated heterocycles. The molecule has 1 N–H and O–H groups in total. The monoisotopic (exact) mass is 528 g/mol. The van der Waals surface area contributed by atoms with Gasteiger partial charge in [0.2, 0.25) is 0 Å². The Morgan fingerprint density at radius 3 is 1.88 bits per heavy atom. The average Bonchev–Trinajstić information content (AvgIpc) is 3.16. The van der Waals surface area contributed by atoms with Crippen LogP contribution >= 0.6 is 0 Å². The number of ether oxygens (including phenoxy) is 1. The van der Waals surface area contributed by atoms with Gasteiger partial charge in [-0.2, -0.15) is 6.08 Å². The van der Waals surface area contributed by atoms with Crippen LogP contribution in [0, 0.1) is 13.5 Å². The van der Waals surface area contributed by atoms with E-state index < -0.39 is 5.91 Å². The molecule has 1 aliphatic heterocycles. The van der Waals surface area contributed by atoms with Crippen molar-refractivity contribution in [3.63, 3.8) is 0 Å². The summed E-state index contributed by atoms with van der Waals surface area (Å²) in [5.41, 5.74) is 8.40. The van der Waals surface area contributed by atoms with Gasteiger partial charge >= 0.3 is 0 Å². The van der Waals surface area contributed by atoms with Gasteiger partial charge in [0.1, 0.15) is 0 Å². The molecule has 1 fully saturated rings. The van der Waals surface area contributed by atoms with E-state index in [1.807, 2.05) is 6.07 Å². The average molecular weight is 527 g/mol. The molecule has 1 heterocycles. The SMILES string of the molecule is C1CCOC1.CC1=[C-]CC=C1.[CH3-].[Hf].[NH-]C(=O)c1ccccc1.[SiH3].[SiH3]. The van der Waals surface area contributed by atoms with Crippen LogP contribution in [0.15, 0.2) is 48.1 Å². The van der Waals surface area contributed by atoms with Crippen molar-refractivity contribution in [1.82, 2.24) is 0 Å². The van der Waals surface area contributed by atoms with Crippen molar-refractivity contribution in [2.75, 3.05) is 13.2 Å². The molecule has 0 bridgehead atoms.